The van der Waals surface area contributed by atoms with Crippen molar-refractivity contribution in [2.24, 2.45) is 4.99 Å². The number of nitrogens with zero attached hydrogens (tertiary/aromatic N) is 1. The van der Waals surface area contributed by atoms with Gasteiger partial charge in [-0.3, -0.25) is 4.99 Å². The number of aryl methyl sites for hydroxylation is 1. The van der Waals surface area contributed by atoms with Crippen LogP contribution in [0.5, 0.6) is 5.75 Å². The third kappa shape index (κ3) is 7.31. The van der Waals surface area contributed by atoms with E-state index >= 15 is 0 Å². The molecule has 0 bridgehead atoms. The molecule has 0 saturated heterocycles. The van der Waals surface area contributed by atoms with Crippen molar-refractivity contribution in [1.29, 1.82) is 0 Å². The molecule has 2 aromatic carbocycles. The van der Waals surface area contributed by atoms with Gasteiger partial charge < -0.3 is 15.4 Å². The summed E-state index contributed by atoms with van der Waals surface area (Å²) in [5, 5.41) is 6.36. The Labute approximate surface area is 184 Å². The second-order valence-corrected chi connectivity index (χ2v) is 8.26. The minimum Gasteiger partial charge on any atom is -0.496 e. The fourth-order valence-electron chi connectivity index (χ4n) is 2.61. The molecule has 8 heteroatoms. The Morgan fingerprint density at radius 2 is 1.82 bits per heavy atom. The van der Waals surface area contributed by atoms with Crippen LogP contribution < -0.4 is 15.4 Å². The molecule has 0 radical (unpaired) electrons. The molecule has 2 aromatic rings. The van der Waals surface area contributed by atoms with Gasteiger partial charge in [0.05, 0.1) is 17.8 Å². The molecule has 0 atom stereocenters. The van der Waals surface area contributed by atoms with Gasteiger partial charge in [0.1, 0.15) is 5.75 Å². The maximum Gasteiger partial charge on any atom is 0.191 e. The molecule has 0 heterocycles. The highest BCUT2D eigenvalue weighted by molar-refractivity contribution is 14.0. The molecule has 0 amide bonds. The third-order valence-corrected chi connectivity index (χ3v) is 5.91. The van der Waals surface area contributed by atoms with E-state index in [1.165, 1.54) is 0 Å². The smallest absolute Gasteiger partial charge is 0.191 e. The number of halogens is 1. The Kier molecular flexibility index (Phi) is 10.3. The first kappa shape index (κ1) is 24.2. The Morgan fingerprint density at radius 1 is 1.11 bits per heavy atom. The maximum atomic E-state index is 12.3. The van der Waals surface area contributed by atoms with E-state index in [0.717, 1.165) is 16.9 Å². The average molecular weight is 517 g/mol. The molecule has 0 aliphatic heterocycles. The highest BCUT2D eigenvalue weighted by atomic mass is 127. The zero-order valence-electron chi connectivity index (χ0n) is 16.4. The quantitative estimate of drug-likeness (QED) is 0.244. The molecule has 0 fully saturated rings. The summed E-state index contributed by atoms with van der Waals surface area (Å²) in [6, 6.07) is 14.6. The summed E-state index contributed by atoms with van der Waals surface area (Å²) < 4.78 is 29.9. The highest BCUT2D eigenvalue weighted by Gasteiger charge is 2.13. The number of sulfone groups is 1. The van der Waals surface area contributed by atoms with Gasteiger partial charge in [0, 0.05) is 25.7 Å². The van der Waals surface area contributed by atoms with Crippen LogP contribution in [0.1, 0.15) is 17.5 Å². The molecule has 2 N–H and O–H groups in total. The summed E-state index contributed by atoms with van der Waals surface area (Å²) in [5.41, 5.74) is 2.16. The molecule has 0 unspecified atom stereocenters. The van der Waals surface area contributed by atoms with E-state index in [1.54, 1.807) is 44.5 Å². The van der Waals surface area contributed by atoms with Gasteiger partial charge in [-0.1, -0.05) is 30.3 Å². The van der Waals surface area contributed by atoms with Gasteiger partial charge >= 0.3 is 0 Å². The summed E-state index contributed by atoms with van der Waals surface area (Å²) in [6.45, 7) is 3.09. The number of benzene rings is 2. The predicted octanol–water partition coefficient (Wildman–Crippen LogP) is 3.15. The van der Waals surface area contributed by atoms with Crippen molar-refractivity contribution in [3.8, 4) is 5.75 Å². The van der Waals surface area contributed by atoms with E-state index in [1.807, 2.05) is 25.1 Å². The largest absolute Gasteiger partial charge is 0.496 e. The van der Waals surface area contributed by atoms with Crippen LogP contribution in [0.4, 0.5) is 0 Å². The standard InChI is InChI=1S/C20H27N3O3S.HI/c1-16-10-11-17(19(14-16)26-3)15-23-20(21-2)22-12-7-13-27(24,25)18-8-5-4-6-9-18;/h4-6,8-11,14H,7,12-13,15H2,1-3H3,(H2,21,22,23);1H. The number of guanidine groups is 1. The lowest BCUT2D eigenvalue weighted by molar-refractivity contribution is 0.408. The van der Waals surface area contributed by atoms with Crippen molar-refractivity contribution in [3.05, 3.63) is 59.7 Å². The van der Waals surface area contributed by atoms with Crippen LogP contribution in [0.2, 0.25) is 0 Å². The maximum absolute atomic E-state index is 12.3. The van der Waals surface area contributed by atoms with Gasteiger partial charge in [-0.15, -0.1) is 24.0 Å². The van der Waals surface area contributed by atoms with Crippen molar-refractivity contribution in [2.45, 2.75) is 24.8 Å². The number of nitrogens with one attached hydrogen (secondary N) is 2. The van der Waals surface area contributed by atoms with Crippen LogP contribution in [0.15, 0.2) is 58.4 Å². The summed E-state index contributed by atoms with van der Waals surface area (Å²) >= 11 is 0. The van der Waals surface area contributed by atoms with E-state index in [-0.39, 0.29) is 29.7 Å². The first-order valence-corrected chi connectivity index (χ1v) is 10.5. The van der Waals surface area contributed by atoms with Gasteiger partial charge in [0.15, 0.2) is 15.8 Å². The van der Waals surface area contributed by atoms with Crippen molar-refractivity contribution >= 4 is 39.8 Å². The normalized spacial score (nSPS) is 11.5. The van der Waals surface area contributed by atoms with Gasteiger partial charge in [0.2, 0.25) is 0 Å². The molecule has 0 aliphatic carbocycles. The minimum atomic E-state index is -3.25. The second-order valence-electron chi connectivity index (χ2n) is 6.15. The fourth-order valence-corrected chi connectivity index (χ4v) is 3.94. The summed E-state index contributed by atoms with van der Waals surface area (Å²) in [4.78, 5) is 4.53. The first-order chi connectivity index (χ1) is 13.0. The number of methoxy groups -OCH3 is 1. The third-order valence-electron chi connectivity index (χ3n) is 4.10. The first-order valence-electron chi connectivity index (χ1n) is 8.82. The van der Waals surface area contributed by atoms with Crippen LogP contribution in [-0.2, 0) is 16.4 Å². The van der Waals surface area contributed by atoms with Crippen LogP contribution in [0.25, 0.3) is 0 Å². The lowest BCUT2D eigenvalue weighted by atomic mass is 10.1. The predicted molar refractivity (Wildman–Crippen MR) is 124 cm³/mol. The Hall–Kier alpha value is -1.81. The van der Waals surface area contributed by atoms with Crippen molar-refractivity contribution in [3.63, 3.8) is 0 Å². The van der Waals surface area contributed by atoms with E-state index < -0.39 is 9.84 Å². The zero-order chi connectivity index (χ0) is 19.7. The lowest BCUT2D eigenvalue weighted by Crippen LogP contribution is -2.37. The van der Waals surface area contributed by atoms with Crippen molar-refractivity contribution in [2.75, 3.05) is 26.5 Å². The number of ether oxygens (including phenoxy) is 1. The molecule has 28 heavy (non-hydrogen) atoms. The summed E-state index contributed by atoms with van der Waals surface area (Å²) in [6.07, 6.45) is 0.492. The van der Waals surface area contributed by atoms with E-state index in [9.17, 15) is 8.42 Å². The Morgan fingerprint density at radius 3 is 2.46 bits per heavy atom. The Balaban J connectivity index is 0.00000392. The van der Waals surface area contributed by atoms with E-state index in [2.05, 4.69) is 15.6 Å². The second kappa shape index (κ2) is 11.9. The van der Waals surface area contributed by atoms with Crippen molar-refractivity contribution < 1.29 is 13.2 Å². The highest BCUT2D eigenvalue weighted by Crippen LogP contribution is 2.19. The molecular formula is C20H28IN3O3S. The Bertz CT molecular complexity index is 872. The molecule has 0 aromatic heterocycles. The summed E-state index contributed by atoms with van der Waals surface area (Å²) in [5.74, 6) is 1.54. The topological polar surface area (TPSA) is 79.8 Å². The molecule has 2 rings (SSSR count). The molecular weight excluding hydrogens is 489 g/mol. The molecule has 154 valence electrons. The van der Waals surface area contributed by atoms with Crippen LogP contribution >= 0.6 is 24.0 Å². The van der Waals surface area contributed by atoms with E-state index in [4.69, 9.17) is 4.74 Å². The molecule has 0 saturated carbocycles. The summed E-state index contributed by atoms with van der Waals surface area (Å²) in [7, 11) is 0.0841. The van der Waals surface area contributed by atoms with Gasteiger partial charge in [-0.25, -0.2) is 8.42 Å². The number of aliphatic imine (C=N–C) groups is 1. The SMILES string of the molecule is CN=C(NCCCS(=O)(=O)c1ccccc1)NCc1ccc(C)cc1OC.I. The van der Waals surface area contributed by atoms with Crippen LogP contribution in [0, 0.1) is 6.92 Å². The van der Waals surface area contributed by atoms with Gasteiger partial charge in [-0.05, 0) is 37.1 Å². The number of hydrogen-bond acceptors (Lipinski definition) is 4. The van der Waals surface area contributed by atoms with E-state index in [0.29, 0.717) is 30.4 Å². The van der Waals surface area contributed by atoms with Crippen molar-refractivity contribution in [1.82, 2.24) is 10.6 Å². The zero-order valence-corrected chi connectivity index (χ0v) is 19.6. The monoisotopic (exact) mass is 517 g/mol. The van der Waals surface area contributed by atoms with Crippen LogP contribution in [-0.4, -0.2) is 40.8 Å². The van der Waals surface area contributed by atoms with Crippen LogP contribution in [0.3, 0.4) is 0 Å². The number of hydrogen-bond donors (Lipinski definition) is 2. The number of rotatable bonds is 8. The van der Waals surface area contributed by atoms with Gasteiger partial charge in [-0.2, -0.15) is 0 Å². The molecule has 0 aliphatic rings. The lowest BCUT2D eigenvalue weighted by Gasteiger charge is -2.14. The minimum absolute atomic E-state index is 0. The molecule has 0 spiro atoms. The molecule has 6 nitrogen and oxygen atoms in total. The average Bonchev–Trinajstić information content (AvgIpc) is 2.68. The fraction of sp³-hybridized carbons (Fsp3) is 0.350. The van der Waals surface area contributed by atoms with Gasteiger partial charge in [0.25, 0.3) is 0 Å².